The summed E-state index contributed by atoms with van der Waals surface area (Å²) in [6.07, 6.45) is 0. The van der Waals surface area contributed by atoms with Crippen LogP contribution in [0.1, 0.15) is 11.4 Å². The molecule has 0 N–H and O–H groups in total. The summed E-state index contributed by atoms with van der Waals surface area (Å²) in [6, 6.07) is 11.6. The standard InChI is InChI=1S/C16H14Cl2N2O/c1-10-12(18)4-3-5-14(10)20-15-8-11(21-2)6-7-13(15)19-16(20)9-17/h3-8H,9H2,1-2H3. The van der Waals surface area contributed by atoms with Gasteiger partial charge in [0.15, 0.2) is 0 Å². The first-order valence-electron chi connectivity index (χ1n) is 6.52. The number of hydrogen-bond donors (Lipinski definition) is 0. The second-order valence-electron chi connectivity index (χ2n) is 4.74. The molecule has 21 heavy (non-hydrogen) atoms. The summed E-state index contributed by atoms with van der Waals surface area (Å²) in [4.78, 5) is 4.59. The predicted molar refractivity (Wildman–Crippen MR) is 86.9 cm³/mol. The van der Waals surface area contributed by atoms with E-state index in [4.69, 9.17) is 27.9 Å². The van der Waals surface area contributed by atoms with Crippen molar-refractivity contribution >= 4 is 34.2 Å². The van der Waals surface area contributed by atoms with Gasteiger partial charge in [0, 0.05) is 11.1 Å². The summed E-state index contributed by atoms with van der Waals surface area (Å²) in [6.45, 7) is 1.99. The van der Waals surface area contributed by atoms with Gasteiger partial charge >= 0.3 is 0 Å². The van der Waals surface area contributed by atoms with Crippen LogP contribution in [0.5, 0.6) is 5.75 Å². The molecule has 108 valence electrons. The highest BCUT2D eigenvalue weighted by Crippen LogP contribution is 2.30. The normalized spacial score (nSPS) is 11.0. The minimum atomic E-state index is 0.322. The Bertz CT molecular complexity index is 811. The molecule has 3 nitrogen and oxygen atoms in total. The van der Waals surface area contributed by atoms with Crippen LogP contribution in [0.15, 0.2) is 36.4 Å². The number of methoxy groups -OCH3 is 1. The Kier molecular flexibility index (Phi) is 3.79. The third kappa shape index (κ3) is 2.37. The summed E-state index contributed by atoms with van der Waals surface area (Å²) < 4.78 is 7.34. The average molecular weight is 321 g/mol. The molecule has 0 spiro atoms. The van der Waals surface area contributed by atoms with Crippen LogP contribution in [0.25, 0.3) is 16.7 Å². The van der Waals surface area contributed by atoms with E-state index in [9.17, 15) is 0 Å². The third-order valence-corrected chi connectivity index (χ3v) is 4.18. The molecule has 0 aliphatic heterocycles. The van der Waals surface area contributed by atoms with Gasteiger partial charge in [0.1, 0.15) is 11.6 Å². The lowest BCUT2D eigenvalue weighted by atomic mass is 10.2. The monoisotopic (exact) mass is 320 g/mol. The second kappa shape index (κ2) is 5.58. The number of hydrogen-bond acceptors (Lipinski definition) is 2. The molecule has 0 atom stereocenters. The third-order valence-electron chi connectivity index (χ3n) is 3.53. The zero-order chi connectivity index (χ0) is 15.0. The summed E-state index contributed by atoms with van der Waals surface area (Å²) in [7, 11) is 1.65. The van der Waals surface area contributed by atoms with E-state index in [2.05, 4.69) is 4.98 Å². The molecule has 2 aromatic carbocycles. The number of nitrogens with zero attached hydrogens (tertiary/aromatic N) is 2. The van der Waals surface area contributed by atoms with Crippen molar-refractivity contribution < 1.29 is 4.74 Å². The van der Waals surface area contributed by atoms with Gasteiger partial charge in [-0.2, -0.15) is 0 Å². The highest BCUT2D eigenvalue weighted by atomic mass is 35.5. The minimum Gasteiger partial charge on any atom is -0.497 e. The van der Waals surface area contributed by atoms with Crippen molar-refractivity contribution in [3.63, 3.8) is 0 Å². The van der Waals surface area contributed by atoms with Gasteiger partial charge in [-0.25, -0.2) is 4.98 Å². The van der Waals surface area contributed by atoms with Gasteiger partial charge in [0.05, 0.1) is 29.7 Å². The molecule has 0 aliphatic rings. The topological polar surface area (TPSA) is 27.1 Å². The molecule has 0 unspecified atom stereocenters. The van der Waals surface area contributed by atoms with Crippen LogP contribution < -0.4 is 4.74 Å². The zero-order valence-electron chi connectivity index (χ0n) is 11.7. The second-order valence-corrected chi connectivity index (χ2v) is 5.41. The number of fused-ring (bicyclic) bond motifs is 1. The van der Waals surface area contributed by atoms with Gasteiger partial charge in [-0.05, 0) is 36.8 Å². The Balaban J connectivity index is 2.36. The molecule has 0 radical (unpaired) electrons. The predicted octanol–water partition coefficient (Wildman–Crippen LogP) is 4.73. The number of ether oxygens (including phenoxy) is 1. The minimum absolute atomic E-state index is 0.322. The fraction of sp³-hybridized carbons (Fsp3) is 0.188. The van der Waals surface area contributed by atoms with E-state index in [1.54, 1.807) is 7.11 Å². The number of halogens is 2. The van der Waals surface area contributed by atoms with E-state index in [1.165, 1.54) is 0 Å². The quantitative estimate of drug-likeness (QED) is 0.652. The Morgan fingerprint density at radius 3 is 2.76 bits per heavy atom. The molecule has 0 aliphatic carbocycles. The molecule has 0 bridgehead atoms. The van der Waals surface area contributed by atoms with Gasteiger partial charge in [0.25, 0.3) is 0 Å². The molecule has 5 heteroatoms. The van der Waals surface area contributed by atoms with Gasteiger partial charge in [-0.1, -0.05) is 17.7 Å². The SMILES string of the molecule is COc1ccc2nc(CCl)n(-c3cccc(Cl)c3C)c2c1. The highest BCUT2D eigenvalue weighted by Gasteiger charge is 2.15. The lowest BCUT2D eigenvalue weighted by Crippen LogP contribution is -2.02. The first-order chi connectivity index (χ1) is 10.2. The summed E-state index contributed by atoms with van der Waals surface area (Å²) in [5, 5.41) is 0.720. The Labute approximate surface area is 133 Å². The fourth-order valence-electron chi connectivity index (χ4n) is 2.43. The maximum atomic E-state index is 6.24. The summed E-state index contributed by atoms with van der Waals surface area (Å²) >= 11 is 12.3. The molecular weight excluding hydrogens is 307 g/mol. The van der Waals surface area contributed by atoms with Crippen molar-refractivity contribution in [2.75, 3.05) is 7.11 Å². The van der Waals surface area contributed by atoms with Crippen molar-refractivity contribution in [3.05, 3.63) is 52.8 Å². The van der Waals surface area contributed by atoms with Crippen LogP contribution in [-0.4, -0.2) is 16.7 Å². The van der Waals surface area contributed by atoms with Gasteiger partial charge in [-0.15, -0.1) is 11.6 Å². The Morgan fingerprint density at radius 1 is 1.24 bits per heavy atom. The molecule has 0 saturated carbocycles. The van der Waals surface area contributed by atoms with Crippen LogP contribution in [0.4, 0.5) is 0 Å². The van der Waals surface area contributed by atoms with E-state index in [-0.39, 0.29) is 0 Å². The number of aromatic nitrogens is 2. The van der Waals surface area contributed by atoms with Crippen LogP contribution in [0, 0.1) is 6.92 Å². The zero-order valence-corrected chi connectivity index (χ0v) is 13.2. The number of benzene rings is 2. The number of imidazole rings is 1. The van der Waals surface area contributed by atoms with Gasteiger partial charge in [0.2, 0.25) is 0 Å². The first-order valence-corrected chi connectivity index (χ1v) is 7.43. The molecule has 3 aromatic rings. The largest absolute Gasteiger partial charge is 0.497 e. The molecule has 0 fully saturated rings. The fourth-order valence-corrected chi connectivity index (χ4v) is 2.78. The van der Waals surface area contributed by atoms with E-state index in [1.807, 2.05) is 47.9 Å². The van der Waals surface area contributed by atoms with Crippen LogP contribution in [0.2, 0.25) is 5.02 Å². The molecule has 1 heterocycles. The highest BCUT2D eigenvalue weighted by molar-refractivity contribution is 6.31. The molecular formula is C16H14Cl2N2O. The van der Waals surface area contributed by atoms with E-state index < -0.39 is 0 Å². The Hall–Kier alpha value is -1.71. The first kappa shape index (κ1) is 14.2. The molecule has 3 rings (SSSR count). The van der Waals surface area contributed by atoms with Crippen molar-refractivity contribution in [2.24, 2.45) is 0 Å². The lowest BCUT2D eigenvalue weighted by Gasteiger charge is -2.12. The van der Waals surface area contributed by atoms with E-state index in [0.717, 1.165) is 38.9 Å². The Morgan fingerprint density at radius 2 is 2.05 bits per heavy atom. The molecule has 0 saturated heterocycles. The summed E-state index contributed by atoms with van der Waals surface area (Å²) in [5.41, 5.74) is 3.81. The molecule has 0 amide bonds. The van der Waals surface area contributed by atoms with E-state index >= 15 is 0 Å². The van der Waals surface area contributed by atoms with Gasteiger partial charge in [-0.3, -0.25) is 4.57 Å². The van der Waals surface area contributed by atoms with Crippen molar-refractivity contribution in [3.8, 4) is 11.4 Å². The number of alkyl halides is 1. The average Bonchev–Trinajstić information content (AvgIpc) is 2.87. The van der Waals surface area contributed by atoms with Crippen LogP contribution >= 0.6 is 23.2 Å². The number of rotatable bonds is 3. The van der Waals surface area contributed by atoms with E-state index in [0.29, 0.717) is 5.88 Å². The molecule has 1 aromatic heterocycles. The van der Waals surface area contributed by atoms with Crippen molar-refractivity contribution in [1.29, 1.82) is 0 Å². The maximum Gasteiger partial charge on any atom is 0.129 e. The van der Waals surface area contributed by atoms with Crippen LogP contribution in [0.3, 0.4) is 0 Å². The maximum absolute atomic E-state index is 6.24. The van der Waals surface area contributed by atoms with Crippen LogP contribution in [-0.2, 0) is 5.88 Å². The van der Waals surface area contributed by atoms with Gasteiger partial charge < -0.3 is 4.74 Å². The summed E-state index contributed by atoms with van der Waals surface area (Å²) in [5.74, 6) is 1.89. The smallest absolute Gasteiger partial charge is 0.129 e. The van der Waals surface area contributed by atoms with Crippen molar-refractivity contribution in [1.82, 2.24) is 9.55 Å². The lowest BCUT2D eigenvalue weighted by molar-refractivity contribution is 0.415. The van der Waals surface area contributed by atoms with Crippen molar-refractivity contribution in [2.45, 2.75) is 12.8 Å².